The van der Waals surface area contributed by atoms with Crippen LogP contribution < -0.4 is 5.32 Å². The Balaban J connectivity index is 1.76. The van der Waals surface area contributed by atoms with E-state index in [-0.39, 0.29) is 11.8 Å². The topological polar surface area (TPSA) is 75.1 Å². The zero-order valence-electron chi connectivity index (χ0n) is 14.9. The van der Waals surface area contributed by atoms with E-state index in [2.05, 4.69) is 38.6 Å². The van der Waals surface area contributed by atoms with Crippen LogP contribution in [0.4, 0.5) is 0 Å². The molecule has 0 spiro atoms. The molecule has 4 rings (SSSR count). The molecular weight excluding hydrogens is 326 g/mol. The lowest BCUT2D eigenvalue weighted by Crippen LogP contribution is -2.35. The maximum Gasteiger partial charge on any atom is 0.155 e. The van der Waals surface area contributed by atoms with Gasteiger partial charge in [-0.25, -0.2) is 9.50 Å². The number of benzene rings is 1. The van der Waals surface area contributed by atoms with Crippen molar-refractivity contribution in [2.45, 2.75) is 25.8 Å². The number of Topliss-reactive ketones (excluding diaryl/α,β-unsaturated/α-hetero) is 1. The lowest BCUT2D eigenvalue weighted by molar-refractivity contribution is -0.120. The number of rotatable bonds is 6. The molecule has 1 atom stereocenters. The number of likely N-dealkylation sites (N-methyl/N-ethyl adjacent to an activating group) is 1. The number of para-hydroxylation sites is 1. The molecule has 6 heteroatoms. The van der Waals surface area contributed by atoms with Crippen LogP contribution in [0.5, 0.6) is 0 Å². The molecule has 0 bridgehead atoms. The molecule has 0 amide bonds. The summed E-state index contributed by atoms with van der Waals surface area (Å²) in [4.78, 5) is 19.8. The number of aromatic amines is 1. The summed E-state index contributed by atoms with van der Waals surface area (Å²) in [5, 5.41) is 8.43. The molecule has 132 valence electrons. The highest BCUT2D eigenvalue weighted by Crippen LogP contribution is 2.30. The molecule has 0 fully saturated rings. The largest absolute Gasteiger partial charge is 0.360 e. The van der Waals surface area contributed by atoms with Gasteiger partial charge in [-0.3, -0.25) is 4.79 Å². The van der Waals surface area contributed by atoms with Crippen molar-refractivity contribution >= 4 is 22.3 Å². The quantitative estimate of drug-likeness (QED) is 0.562. The number of ketones is 1. The first-order valence-electron chi connectivity index (χ1n) is 8.80. The molecule has 2 N–H and O–H groups in total. The van der Waals surface area contributed by atoms with Gasteiger partial charge in [0, 0.05) is 29.8 Å². The highest BCUT2D eigenvalue weighted by atomic mass is 16.1. The summed E-state index contributed by atoms with van der Waals surface area (Å²) < 4.78 is 1.75. The molecule has 6 nitrogen and oxygen atoms in total. The predicted octanol–water partition coefficient (Wildman–Crippen LogP) is 2.99. The molecule has 3 heterocycles. The molecule has 4 aromatic rings. The van der Waals surface area contributed by atoms with Crippen LogP contribution >= 0.6 is 0 Å². The van der Waals surface area contributed by atoms with E-state index in [1.165, 1.54) is 0 Å². The normalized spacial score (nSPS) is 12.7. The number of nitrogens with zero attached hydrogens (tertiary/aromatic N) is 3. The van der Waals surface area contributed by atoms with Gasteiger partial charge < -0.3 is 10.3 Å². The van der Waals surface area contributed by atoms with E-state index < -0.39 is 0 Å². The summed E-state index contributed by atoms with van der Waals surface area (Å²) >= 11 is 0. The van der Waals surface area contributed by atoms with E-state index in [4.69, 9.17) is 0 Å². The van der Waals surface area contributed by atoms with E-state index in [9.17, 15) is 4.79 Å². The zero-order valence-corrected chi connectivity index (χ0v) is 14.9. The van der Waals surface area contributed by atoms with Crippen molar-refractivity contribution in [3.05, 3.63) is 54.6 Å². The fourth-order valence-corrected chi connectivity index (χ4v) is 3.45. The summed E-state index contributed by atoms with van der Waals surface area (Å²) in [6.07, 6.45) is 6.69. The van der Waals surface area contributed by atoms with E-state index >= 15 is 0 Å². The van der Waals surface area contributed by atoms with Crippen molar-refractivity contribution in [1.29, 1.82) is 0 Å². The van der Waals surface area contributed by atoms with Gasteiger partial charge in [-0.05, 0) is 36.7 Å². The van der Waals surface area contributed by atoms with Crippen LogP contribution in [0.15, 0.2) is 49.1 Å². The molecule has 1 aromatic carbocycles. The van der Waals surface area contributed by atoms with Gasteiger partial charge in [0.15, 0.2) is 5.65 Å². The summed E-state index contributed by atoms with van der Waals surface area (Å²) in [5.74, 6) is 0.232. The molecular formula is C20H21N5O. The first kappa shape index (κ1) is 16.5. The number of carbonyl (C=O) groups excluding carboxylic acids is 1. The molecule has 0 saturated heterocycles. The second-order valence-electron chi connectivity index (χ2n) is 6.39. The summed E-state index contributed by atoms with van der Waals surface area (Å²) in [6, 6.07) is 10.2. The van der Waals surface area contributed by atoms with Crippen LogP contribution in [0.2, 0.25) is 0 Å². The predicted molar refractivity (Wildman–Crippen MR) is 102 cm³/mol. The first-order valence-corrected chi connectivity index (χ1v) is 8.80. The van der Waals surface area contributed by atoms with Gasteiger partial charge >= 0.3 is 0 Å². The average Bonchev–Trinajstić information content (AvgIpc) is 3.31. The molecule has 0 saturated carbocycles. The number of fused-ring (bicyclic) bond motifs is 2. The second-order valence-corrected chi connectivity index (χ2v) is 6.39. The van der Waals surface area contributed by atoms with Gasteiger partial charge in [0.2, 0.25) is 0 Å². The van der Waals surface area contributed by atoms with Crippen LogP contribution in [0.3, 0.4) is 0 Å². The van der Waals surface area contributed by atoms with Crippen molar-refractivity contribution < 1.29 is 4.79 Å². The highest BCUT2D eigenvalue weighted by molar-refractivity contribution is 5.97. The molecule has 1 unspecified atom stereocenters. The molecule has 3 aromatic heterocycles. The van der Waals surface area contributed by atoms with Gasteiger partial charge in [-0.15, -0.1) is 0 Å². The smallest absolute Gasteiger partial charge is 0.155 e. The summed E-state index contributed by atoms with van der Waals surface area (Å²) in [5.41, 5.74) is 5.23. The van der Waals surface area contributed by atoms with Crippen LogP contribution in [0.25, 0.3) is 27.7 Å². The van der Waals surface area contributed by atoms with Crippen LogP contribution in [0.1, 0.15) is 18.9 Å². The minimum absolute atomic E-state index is 0.157. The van der Waals surface area contributed by atoms with Crippen molar-refractivity contribution in [1.82, 2.24) is 24.9 Å². The fraction of sp³-hybridized carbons (Fsp3) is 0.250. The highest BCUT2D eigenvalue weighted by Gasteiger charge is 2.18. The van der Waals surface area contributed by atoms with E-state index in [0.717, 1.165) is 33.2 Å². The maximum absolute atomic E-state index is 12.1. The van der Waals surface area contributed by atoms with Crippen LogP contribution in [-0.4, -0.2) is 38.5 Å². The lowest BCUT2D eigenvalue weighted by atomic mass is 9.98. The Morgan fingerprint density at radius 3 is 3.04 bits per heavy atom. The summed E-state index contributed by atoms with van der Waals surface area (Å²) in [6.45, 7) is 1.90. The maximum atomic E-state index is 12.1. The van der Waals surface area contributed by atoms with Crippen molar-refractivity contribution in [3.63, 3.8) is 0 Å². The zero-order chi connectivity index (χ0) is 18.1. The van der Waals surface area contributed by atoms with E-state index in [0.29, 0.717) is 12.8 Å². The number of H-pyrrole nitrogens is 1. The Hall–Kier alpha value is -2.99. The number of nitrogens with one attached hydrogen (secondary N) is 2. The molecule has 0 radical (unpaired) electrons. The van der Waals surface area contributed by atoms with Crippen molar-refractivity contribution in [3.8, 4) is 11.1 Å². The monoisotopic (exact) mass is 347 g/mol. The third-order valence-electron chi connectivity index (χ3n) is 4.90. The van der Waals surface area contributed by atoms with Gasteiger partial charge in [0.25, 0.3) is 0 Å². The SMILES string of the molecule is CCC(=O)C(Cc1c[nH]c2c(-c3ccn4ncnc4c3)cccc12)NC. The molecule has 0 aliphatic heterocycles. The Morgan fingerprint density at radius 1 is 1.35 bits per heavy atom. The lowest BCUT2D eigenvalue weighted by Gasteiger charge is -2.13. The van der Waals surface area contributed by atoms with Crippen LogP contribution in [-0.2, 0) is 11.2 Å². The van der Waals surface area contributed by atoms with E-state index in [1.807, 2.05) is 38.5 Å². The Labute approximate surface area is 151 Å². The number of carbonyl (C=O) groups is 1. The van der Waals surface area contributed by atoms with Crippen molar-refractivity contribution in [2.75, 3.05) is 7.05 Å². The van der Waals surface area contributed by atoms with Gasteiger partial charge in [-0.2, -0.15) is 5.10 Å². The second kappa shape index (κ2) is 6.72. The minimum atomic E-state index is -0.157. The molecule has 0 aliphatic rings. The van der Waals surface area contributed by atoms with Gasteiger partial charge in [-0.1, -0.05) is 25.1 Å². The van der Waals surface area contributed by atoms with Crippen molar-refractivity contribution in [2.24, 2.45) is 0 Å². The van der Waals surface area contributed by atoms with Crippen LogP contribution in [0, 0.1) is 0 Å². The average molecular weight is 347 g/mol. The number of pyridine rings is 1. The van der Waals surface area contributed by atoms with E-state index in [1.54, 1.807) is 10.8 Å². The first-order chi connectivity index (χ1) is 12.7. The number of hydrogen-bond acceptors (Lipinski definition) is 4. The Morgan fingerprint density at radius 2 is 2.23 bits per heavy atom. The Bertz CT molecular complexity index is 1080. The summed E-state index contributed by atoms with van der Waals surface area (Å²) in [7, 11) is 1.84. The fourth-order valence-electron chi connectivity index (χ4n) is 3.45. The minimum Gasteiger partial charge on any atom is -0.360 e. The number of aromatic nitrogens is 4. The molecule has 0 aliphatic carbocycles. The van der Waals surface area contributed by atoms with Gasteiger partial charge in [0.05, 0.1) is 11.6 Å². The Kier molecular flexibility index (Phi) is 4.26. The molecule has 26 heavy (non-hydrogen) atoms. The van der Waals surface area contributed by atoms with Gasteiger partial charge in [0.1, 0.15) is 12.1 Å². The standard InChI is InChI=1S/C20H21N5O/c1-3-18(26)17(21-2)9-14-11-22-20-15(5-4-6-16(14)20)13-7-8-25-19(10-13)23-12-24-25/h4-8,10-12,17,21-22H,3,9H2,1-2H3. The third kappa shape index (κ3) is 2.78. The third-order valence-corrected chi connectivity index (χ3v) is 4.90. The number of hydrogen-bond donors (Lipinski definition) is 2.